The number of ether oxygens (including phenoxy) is 1. The summed E-state index contributed by atoms with van der Waals surface area (Å²) >= 11 is 3.35. The molecule has 0 unspecified atom stereocenters. The third-order valence-electron chi connectivity index (χ3n) is 4.52. The van der Waals surface area contributed by atoms with E-state index in [4.69, 9.17) is 4.74 Å². The number of anilines is 1. The van der Waals surface area contributed by atoms with Gasteiger partial charge in [0.2, 0.25) is 0 Å². The number of carbonyl (C=O) groups is 1. The highest BCUT2D eigenvalue weighted by molar-refractivity contribution is 9.10. The maximum atomic E-state index is 12.6. The topological polar surface area (TPSA) is 42.4 Å². The van der Waals surface area contributed by atoms with Crippen LogP contribution in [0.25, 0.3) is 0 Å². The van der Waals surface area contributed by atoms with Crippen LogP contribution in [0.5, 0.6) is 0 Å². The van der Waals surface area contributed by atoms with Gasteiger partial charge >= 0.3 is 12.1 Å². The molecule has 0 amide bonds. The normalized spacial score (nSPS) is 15.6. The van der Waals surface area contributed by atoms with Crippen molar-refractivity contribution in [2.45, 2.75) is 25.6 Å². The lowest BCUT2D eigenvalue weighted by atomic mass is 9.97. The van der Waals surface area contributed by atoms with Crippen molar-refractivity contribution >= 4 is 27.7 Å². The highest BCUT2D eigenvalue weighted by atomic mass is 79.9. The molecule has 1 aliphatic heterocycles. The minimum atomic E-state index is -4.39. The molecule has 1 aromatic carbocycles. The molecule has 2 aromatic rings. The molecule has 2 heterocycles. The fourth-order valence-corrected chi connectivity index (χ4v) is 3.20. The minimum absolute atomic E-state index is 0.203. The number of carbonyl (C=O) groups excluding carboxylic acids is 1. The van der Waals surface area contributed by atoms with Crippen molar-refractivity contribution in [2.24, 2.45) is 5.92 Å². The summed E-state index contributed by atoms with van der Waals surface area (Å²) in [7, 11) is 0. The van der Waals surface area contributed by atoms with Crippen LogP contribution in [0.15, 0.2) is 47.1 Å². The van der Waals surface area contributed by atoms with E-state index in [2.05, 4.69) is 20.9 Å². The van der Waals surface area contributed by atoms with Gasteiger partial charge in [-0.25, -0.2) is 4.98 Å². The van der Waals surface area contributed by atoms with Crippen molar-refractivity contribution in [3.8, 4) is 0 Å². The molecule has 1 aliphatic rings. The van der Waals surface area contributed by atoms with E-state index >= 15 is 0 Å². The lowest BCUT2D eigenvalue weighted by Gasteiger charge is -2.31. The number of piperidine rings is 1. The minimum Gasteiger partial charge on any atom is -0.461 e. The van der Waals surface area contributed by atoms with Crippen molar-refractivity contribution in [1.29, 1.82) is 0 Å². The number of hydrogen-bond donors (Lipinski definition) is 0. The van der Waals surface area contributed by atoms with Crippen LogP contribution < -0.4 is 4.90 Å². The van der Waals surface area contributed by atoms with Crippen molar-refractivity contribution in [3.63, 3.8) is 0 Å². The monoisotopic (exact) mass is 442 g/mol. The van der Waals surface area contributed by atoms with Crippen LogP contribution in [-0.4, -0.2) is 24.0 Å². The van der Waals surface area contributed by atoms with E-state index in [1.165, 1.54) is 6.07 Å². The second kappa shape index (κ2) is 8.29. The largest absolute Gasteiger partial charge is 0.461 e. The summed E-state index contributed by atoms with van der Waals surface area (Å²) in [5.41, 5.74) is 0.149. The number of rotatable bonds is 4. The molecule has 0 atom stereocenters. The molecule has 0 spiro atoms. The van der Waals surface area contributed by atoms with E-state index in [-0.39, 0.29) is 18.5 Å². The molecule has 0 aliphatic carbocycles. The van der Waals surface area contributed by atoms with Gasteiger partial charge in [-0.2, -0.15) is 13.2 Å². The number of esters is 1. The quantitative estimate of drug-likeness (QED) is 0.636. The summed E-state index contributed by atoms with van der Waals surface area (Å²) in [6, 6.07) is 9.94. The Morgan fingerprint density at radius 2 is 1.81 bits per heavy atom. The first-order valence-corrected chi connectivity index (χ1v) is 9.31. The van der Waals surface area contributed by atoms with Crippen LogP contribution in [-0.2, 0) is 22.3 Å². The molecule has 1 aromatic heterocycles. The van der Waals surface area contributed by atoms with Crippen molar-refractivity contribution in [1.82, 2.24) is 4.98 Å². The molecule has 27 heavy (non-hydrogen) atoms. The Kier molecular flexibility index (Phi) is 6.04. The Hall–Kier alpha value is -2.09. The van der Waals surface area contributed by atoms with Gasteiger partial charge in [0.05, 0.1) is 11.5 Å². The maximum absolute atomic E-state index is 12.6. The highest BCUT2D eigenvalue weighted by Crippen LogP contribution is 2.30. The van der Waals surface area contributed by atoms with E-state index < -0.39 is 11.7 Å². The van der Waals surface area contributed by atoms with Crippen LogP contribution in [0, 0.1) is 5.92 Å². The van der Waals surface area contributed by atoms with E-state index in [0.717, 1.165) is 22.3 Å². The van der Waals surface area contributed by atoms with E-state index in [9.17, 15) is 18.0 Å². The van der Waals surface area contributed by atoms with Gasteiger partial charge in [-0.1, -0.05) is 28.1 Å². The number of benzene rings is 1. The Bertz CT molecular complexity index is 771. The molecule has 1 saturated heterocycles. The summed E-state index contributed by atoms with van der Waals surface area (Å²) in [5.74, 6) is 0.0498. The molecular weight excluding hydrogens is 425 g/mol. The molecule has 0 saturated carbocycles. The van der Waals surface area contributed by atoms with Gasteiger partial charge in [-0.3, -0.25) is 4.79 Å². The number of halogens is 4. The van der Waals surface area contributed by atoms with Gasteiger partial charge in [0.15, 0.2) is 0 Å². The van der Waals surface area contributed by atoms with E-state index in [1.807, 2.05) is 29.2 Å². The summed E-state index contributed by atoms with van der Waals surface area (Å²) in [6.07, 6.45) is -2.38. The van der Waals surface area contributed by atoms with Gasteiger partial charge in [0, 0.05) is 23.8 Å². The van der Waals surface area contributed by atoms with Crippen molar-refractivity contribution in [3.05, 3.63) is 58.2 Å². The summed E-state index contributed by atoms with van der Waals surface area (Å²) < 4.78 is 44.2. The van der Waals surface area contributed by atoms with Gasteiger partial charge in [-0.05, 0) is 42.7 Å². The molecule has 4 nitrogen and oxygen atoms in total. The number of alkyl halides is 3. The zero-order chi connectivity index (χ0) is 19.4. The fourth-order valence-electron chi connectivity index (χ4n) is 2.94. The van der Waals surface area contributed by atoms with Gasteiger partial charge in [0.25, 0.3) is 0 Å². The maximum Gasteiger partial charge on any atom is 0.417 e. The first kappa shape index (κ1) is 19.7. The number of hydrogen-bond acceptors (Lipinski definition) is 4. The first-order chi connectivity index (χ1) is 12.8. The SMILES string of the molecule is O=C(OCc1ccc(Br)cc1)C1CCN(c2ccc(C(F)(F)F)cn2)CC1. The second-order valence-corrected chi connectivity index (χ2v) is 7.31. The van der Waals surface area contributed by atoms with Crippen LogP contribution in [0.4, 0.5) is 19.0 Å². The third kappa shape index (κ3) is 5.22. The van der Waals surface area contributed by atoms with E-state index in [0.29, 0.717) is 31.7 Å². The molecule has 0 radical (unpaired) electrons. The Morgan fingerprint density at radius 3 is 2.37 bits per heavy atom. The smallest absolute Gasteiger partial charge is 0.417 e. The van der Waals surface area contributed by atoms with Crippen molar-refractivity contribution in [2.75, 3.05) is 18.0 Å². The van der Waals surface area contributed by atoms with E-state index in [1.54, 1.807) is 0 Å². The Balaban J connectivity index is 1.49. The van der Waals surface area contributed by atoms with Gasteiger partial charge in [0.1, 0.15) is 12.4 Å². The number of aromatic nitrogens is 1. The number of nitrogens with zero attached hydrogens (tertiary/aromatic N) is 2. The first-order valence-electron chi connectivity index (χ1n) is 8.52. The Morgan fingerprint density at radius 1 is 1.15 bits per heavy atom. The molecule has 3 rings (SSSR count). The average molecular weight is 443 g/mol. The lowest BCUT2D eigenvalue weighted by Crippen LogP contribution is -2.37. The second-order valence-electron chi connectivity index (χ2n) is 6.40. The lowest BCUT2D eigenvalue weighted by molar-refractivity contribution is -0.150. The van der Waals surface area contributed by atoms with Gasteiger partial charge in [-0.15, -0.1) is 0 Å². The predicted octanol–water partition coefficient (Wildman–Crippen LogP) is 4.82. The standard InChI is InChI=1S/C19H18BrF3N2O2/c20-16-4-1-13(2-5-16)12-27-18(26)14-7-9-25(10-8-14)17-6-3-15(11-24-17)19(21,22)23/h1-6,11,14H,7-10,12H2. The van der Waals surface area contributed by atoms with Crippen molar-refractivity contribution < 1.29 is 22.7 Å². The summed E-state index contributed by atoms with van der Waals surface area (Å²) in [6.45, 7) is 1.33. The molecule has 0 bridgehead atoms. The average Bonchev–Trinajstić information content (AvgIpc) is 2.67. The molecular formula is C19H18BrF3N2O2. The number of pyridine rings is 1. The van der Waals surface area contributed by atoms with Gasteiger partial charge < -0.3 is 9.64 Å². The molecule has 144 valence electrons. The fraction of sp³-hybridized carbons (Fsp3) is 0.368. The third-order valence-corrected chi connectivity index (χ3v) is 5.05. The van der Waals surface area contributed by atoms with Crippen LogP contribution in [0.1, 0.15) is 24.0 Å². The zero-order valence-corrected chi connectivity index (χ0v) is 16.0. The summed E-state index contributed by atoms with van der Waals surface area (Å²) in [5, 5.41) is 0. The summed E-state index contributed by atoms with van der Waals surface area (Å²) in [4.78, 5) is 18.0. The van der Waals surface area contributed by atoms with Crippen LogP contribution in [0.3, 0.4) is 0 Å². The zero-order valence-electron chi connectivity index (χ0n) is 14.4. The van der Waals surface area contributed by atoms with Crippen LogP contribution >= 0.6 is 15.9 Å². The van der Waals surface area contributed by atoms with Crippen LogP contribution in [0.2, 0.25) is 0 Å². The Labute approximate surface area is 163 Å². The highest BCUT2D eigenvalue weighted by Gasteiger charge is 2.31. The molecule has 0 N–H and O–H groups in total. The molecule has 1 fully saturated rings. The predicted molar refractivity (Wildman–Crippen MR) is 98.1 cm³/mol. The molecule has 8 heteroatoms.